The fraction of sp³-hybridized carbons (Fsp3) is 1.00. The summed E-state index contributed by atoms with van der Waals surface area (Å²) in [5, 5.41) is 0. The number of fused-ring (bicyclic) bond motifs is 4. The molecule has 5 aliphatic heterocycles. The van der Waals surface area contributed by atoms with Crippen LogP contribution < -0.4 is 0 Å². The first-order valence-corrected chi connectivity index (χ1v) is 9.64. The molecule has 4 unspecified atom stereocenters. The van der Waals surface area contributed by atoms with Crippen molar-refractivity contribution in [3.63, 3.8) is 0 Å². The van der Waals surface area contributed by atoms with E-state index in [0.29, 0.717) is 11.1 Å². The molecule has 5 heterocycles. The summed E-state index contributed by atoms with van der Waals surface area (Å²) in [4.78, 5) is 11.0. The summed E-state index contributed by atoms with van der Waals surface area (Å²) < 4.78 is 0. The molecule has 23 heavy (non-hydrogen) atoms. The molecule has 0 N–H and O–H groups in total. The van der Waals surface area contributed by atoms with Crippen LogP contribution in [-0.4, -0.2) is 87.7 Å². The predicted molar refractivity (Wildman–Crippen MR) is 95.6 cm³/mol. The Morgan fingerprint density at radius 1 is 0.696 bits per heavy atom. The maximum atomic E-state index is 2.78. The molecule has 0 aromatic rings. The van der Waals surface area contributed by atoms with Gasteiger partial charge in [-0.15, -0.1) is 0 Å². The van der Waals surface area contributed by atoms with Crippen LogP contribution in [0.15, 0.2) is 0 Å². The third-order valence-electron chi connectivity index (χ3n) is 6.64. The second-order valence-electron chi connectivity index (χ2n) is 10.4. The van der Waals surface area contributed by atoms with Crippen LogP contribution in [0.2, 0.25) is 0 Å². The van der Waals surface area contributed by atoms with Crippen LogP contribution in [0.25, 0.3) is 0 Å². The van der Waals surface area contributed by atoms with Gasteiger partial charge in [-0.25, -0.2) is 0 Å². The third kappa shape index (κ3) is 2.76. The average molecular weight is 321 g/mol. The molecule has 5 fully saturated rings. The maximum Gasteiger partial charge on any atom is 0.0511 e. The molecule has 0 radical (unpaired) electrons. The minimum absolute atomic E-state index is 0.339. The van der Waals surface area contributed by atoms with Crippen LogP contribution in [0.3, 0.4) is 0 Å². The van der Waals surface area contributed by atoms with E-state index in [4.69, 9.17) is 0 Å². The highest BCUT2D eigenvalue weighted by molar-refractivity contribution is 5.07. The van der Waals surface area contributed by atoms with Crippen LogP contribution in [0.5, 0.6) is 0 Å². The molecule has 4 atom stereocenters. The summed E-state index contributed by atoms with van der Waals surface area (Å²) in [5.41, 5.74) is 0.686. The van der Waals surface area contributed by atoms with Crippen LogP contribution in [0.1, 0.15) is 54.4 Å². The smallest absolute Gasteiger partial charge is 0.0511 e. The Balaban J connectivity index is 1.31. The SMILES string of the molecule is CC(C)(C)N1CC2CC1CN2CN1CC2CC(C1)N2C(C)(C)C. The maximum absolute atomic E-state index is 2.78. The molecule has 5 aliphatic rings. The molecule has 0 aromatic heterocycles. The highest BCUT2D eigenvalue weighted by atomic mass is 15.5. The summed E-state index contributed by atoms with van der Waals surface area (Å²) in [6.45, 7) is 20.6. The molecular formula is C19H36N4. The predicted octanol–water partition coefficient (Wildman–Crippen LogP) is 2.06. The van der Waals surface area contributed by atoms with E-state index in [-0.39, 0.29) is 0 Å². The van der Waals surface area contributed by atoms with Gasteiger partial charge in [-0.1, -0.05) is 0 Å². The van der Waals surface area contributed by atoms with Crippen molar-refractivity contribution in [3.05, 3.63) is 0 Å². The van der Waals surface area contributed by atoms with E-state index in [1.807, 2.05) is 0 Å². The van der Waals surface area contributed by atoms with E-state index in [2.05, 4.69) is 61.1 Å². The number of likely N-dealkylation sites (tertiary alicyclic amines) is 2. The molecule has 132 valence electrons. The van der Waals surface area contributed by atoms with Gasteiger partial charge < -0.3 is 0 Å². The molecule has 0 saturated carbocycles. The van der Waals surface area contributed by atoms with Gasteiger partial charge >= 0.3 is 0 Å². The standard InChI is InChI=1S/C19H36N4/c1-18(2,3)22-12-14-7-15(22)11-21(14)13-20-9-16-8-17(10-20)23(16)19(4,5)6/h14-17H,7-13H2,1-6H3. The van der Waals surface area contributed by atoms with Crippen molar-refractivity contribution in [1.29, 1.82) is 0 Å². The van der Waals surface area contributed by atoms with Crippen molar-refractivity contribution < 1.29 is 0 Å². The van der Waals surface area contributed by atoms with E-state index in [1.54, 1.807) is 0 Å². The first kappa shape index (κ1) is 16.3. The van der Waals surface area contributed by atoms with E-state index in [0.717, 1.165) is 24.2 Å². The Labute approximate surface area is 142 Å². The van der Waals surface area contributed by atoms with Gasteiger partial charge in [0.1, 0.15) is 0 Å². The second kappa shape index (κ2) is 5.17. The third-order valence-corrected chi connectivity index (χ3v) is 6.64. The Kier molecular flexibility index (Phi) is 3.67. The van der Waals surface area contributed by atoms with Gasteiger partial charge in [0.2, 0.25) is 0 Å². The van der Waals surface area contributed by atoms with Crippen LogP contribution in [-0.2, 0) is 0 Å². The lowest BCUT2D eigenvalue weighted by Crippen LogP contribution is -2.73. The van der Waals surface area contributed by atoms with Gasteiger partial charge in [0.15, 0.2) is 0 Å². The van der Waals surface area contributed by atoms with E-state index in [1.165, 1.54) is 45.7 Å². The van der Waals surface area contributed by atoms with Crippen LogP contribution in [0, 0.1) is 0 Å². The summed E-state index contributed by atoms with van der Waals surface area (Å²) in [6.07, 6.45) is 2.82. The van der Waals surface area contributed by atoms with Gasteiger partial charge in [0.25, 0.3) is 0 Å². The minimum atomic E-state index is 0.339. The molecule has 0 aliphatic carbocycles. The molecule has 4 bridgehead atoms. The first-order valence-electron chi connectivity index (χ1n) is 9.64. The van der Waals surface area contributed by atoms with Gasteiger partial charge in [-0.05, 0) is 54.4 Å². The Hall–Kier alpha value is -0.160. The van der Waals surface area contributed by atoms with Crippen LogP contribution in [0.4, 0.5) is 0 Å². The van der Waals surface area contributed by atoms with Crippen molar-refractivity contribution in [1.82, 2.24) is 19.6 Å². The summed E-state index contributed by atoms with van der Waals surface area (Å²) >= 11 is 0. The number of piperazine rings is 2. The Morgan fingerprint density at radius 3 is 1.78 bits per heavy atom. The fourth-order valence-electron chi connectivity index (χ4n) is 5.91. The first-order chi connectivity index (χ1) is 10.6. The van der Waals surface area contributed by atoms with E-state index in [9.17, 15) is 0 Å². The van der Waals surface area contributed by atoms with Crippen molar-refractivity contribution in [2.24, 2.45) is 0 Å². The van der Waals surface area contributed by atoms with Gasteiger partial charge in [0, 0.05) is 61.4 Å². The monoisotopic (exact) mass is 320 g/mol. The quantitative estimate of drug-likeness (QED) is 0.772. The van der Waals surface area contributed by atoms with Crippen molar-refractivity contribution in [2.45, 2.75) is 89.6 Å². The van der Waals surface area contributed by atoms with E-state index < -0.39 is 0 Å². The Bertz CT molecular complexity index is 451. The second-order valence-corrected chi connectivity index (χ2v) is 10.4. The lowest BCUT2D eigenvalue weighted by molar-refractivity contribution is -0.130. The Morgan fingerprint density at radius 2 is 1.30 bits per heavy atom. The van der Waals surface area contributed by atoms with E-state index >= 15 is 0 Å². The molecule has 0 spiro atoms. The van der Waals surface area contributed by atoms with Crippen molar-refractivity contribution in [2.75, 3.05) is 32.8 Å². The van der Waals surface area contributed by atoms with Gasteiger partial charge in [0.05, 0.1) is 6.67 Å². The molecule has 5 rings (SSSR count). The topological polar surface area (TPSA) is 13.0 Å². The van der Waals surface area contributed by atoms with Gasteiger partial charge in [-0.3, -0.25) is 19.6 Å². The normalized spacial score (nSPS) is 39.9. The highest BCUT2D eigenvalue weighted by Gasteiger charge is 2.51. The van der Waals surface area contributed by atoms with Crippen molar-refractivity contribution >= 4 is 0 Å². The molecule has 0 amide bonds. The number of nitrogens with zero attached hydrogens (tertiary/aromatic N) is 4. The number of hydrogen-bond acceptors (Lipinski definition) is 4. The lowest BCUT2D eigenvalue weighted by Gasteiger charge is -2.62. The van der Waals surface area contributed by atoms with Gasteiger partial charge in [-0.2, -0.15) is 0 Å². The summed E-state index contributed by atoms with van der Waals surface area (Å²) in [6, 6.07) is 3.21. The zero-order valence-electron chi connectivity index (χ0n) is 16.0. The zero-order chi connectivity index (χ0) is 16.6. The fourth-order valence-corrected chi connectivity index (χ4v) is 5.91. The molecule has 4 nitrogen and oxygen atoms in total. The molecule has 4 heteroatoms. The largest absolute Gasteiger partial charge is 0.293 e. The van der Waals surface area contributed by atoms with Crippen molar-refractivity contribution in [3.8, 4) is 0 Å². The summed E-state index contributed by atoms with van der Waals surface area (Å²) in [7, 11) is 0. The zero-order valence-corrected chi connectivity index (χ0v) is 16.0. The lowest BCUT2D eigenvalue weighted by atomic mass is 9.82. The van der Waals surface area contributed by atoms with Crippen LogP contribution >= 0.6 is 0 Å². The highest BCUT2D eigenvalue weighted by Crippen LogP contribution is 2.40. The summed E-state index contributed by atoms with van der Waals surface area (Å²) in [5.74, 6) is 0. The average Bonchev–Trinajstić information content (AvgIpc) is 2.95. The molecular weight excluding hydrogens is 284 g/mol. The number of hydrogen-bond donors (Lipinski definition) is 0. The minimum Gasteiger partial charge on any atom is -0.293 e. The molecule has 0 aromatic carbocycles. The number of piperidine rings is 1. The molecule has 5 saturated heterocycles. The number of rotatable bonds is 2.